The number of aromatic nitrogens is 3. The summed E-state index contributed by atoms with van der Waals surface area (Å²) in [5.74, 6) is 2.63. The van der Waals surface area contributed by atoms with Gasteiger partial charge in [-0.3, -0.25) is 9.36 Å². The molecule has 2 aliphatic rings. The van der Waals surface area contributed by atoms with Gasteiger partial charge in [0.2, 0.25) is 12.7 Å². The molecule has 2 atom stereocenters. The second kappa shape index (κ2) is 9.44. The van der Waals surface area contributed by atoms with Gasteiger partial charge in [-0.05, 0) is 31.5 Å². The predicted molar refractivity (Wildman–Crippen MR) is 124 cm³/mol. The van der Waals surface area contributed by atoms with E-state index in [4.69, 9.17) is 14.2 Å². The molecule has 2 aromatic carbocycles. The second-order valence-corrected chi connectivity index (χ2v) is 9.23. The predicted octanol–water partition coefficient (Wildman–Crippen LogP) is 3.45. The van der Waals surface area contributed by atoms with Crippen LogP contribution in [0.1, 0.15) is 19.4 Å². The van der Waals surface area contributed by atoms with Crippen molar-refractivity contribution in [2.45, 2.75) is 37.8 Å². The van der Waals surface area contributed by atoms with Gasteiger partial charge in [0, 0.05) is 18.7 Å². The largest absolute Gasteiger partial charge is 0.454 e. The fourth-order valence-electron chi connectivity index (χ4n) is 4.16. The molecule has 2 aliphatic heterocycles. The maximum Gasteiger partial charge on any atom is 0.233 e. The molecule has 3 heterocycles. The standard InChI is InChI=1S/C24H26N4O4S/c1-16-11-27(12-17(2)32-16)22(29)14-33-24-26-25-23(19-6-4-3-5-7-19)28(24)13-18-8-9-20-21(10-18)31-15-30-20/h3-10,16-17H,11-15H2,1-2H3. The number of fused-ring (bicyclic) bond motifs is 1. The lowest BCUT2D eigenvalue weighted by Gasteiger charge is -2.35. The topological polar surface area (TPSA) is 78.7 Å². The minimum absolute atomic E-state index is 0.0436. The summed E-state index contributed by atoms with van der Waals surface area (Å²) in [6.07, 6.45) is 0.0871. The van der Waals surface area contributed by atoms with Crippen molar-refractivity contribution in [2.24, 2.45) is 0 Å². The molecule has 1 saturated heterocycles. The highest BCUT2D eigenvalue weighted by Crippen LogP contribution is 2.33. The lowest BCUT2D eigenvalue weighted by molar-refractivity contribution is -0.140. The van der Waals surface area contributed by atoms with Gasteiger partial charge in [-0.2, -0.15) is 0 Å². The summed E-state index contributed by atoms with van der Waals surface area (Å²) in [5.41, 5.74) is 2.01. The number of benzene rings is 2. The number of hydrogen-bond donors (Lipinski definition) is 0. The molecule has 9 heteroatoms. The van der Waals surface area contributed by atoms with Gasteiger partial charge in [-0.25, -0.2) is 0 Å². The Bertz CT molecular complexity index is 1130. The van der Waals surface area contributed by atoms with Crippen LogP contribution in [0.4, 0.5) is 0 Å². The first kappa shape index (κ1) is 21.8. The van der Waals surface area contributed by atoms with Crippen LogP contribution in [0.5, 0.6) is 11.5 Å². The molecular formula is C24H26N4O4S. The molecule has 0 radical (unpaired) electrons. The minimum atomic E-state index is 0.0436. The normalized spacial score (nSPS) is 19.6. The number of morpholine rings is 1. The van der Waals surface area contributed by atoms with E-state index < -0.39 is 0 Å². The molecule has 3 aromatic rings. The summed E-state index contributed by atoms with van der Waals surface area (Å²) >= 11 is 1.41. The molecule has 5 rings (SSSR count). The third-order valence-electron chi connectivity index (χ3n) is 5.62. The highest BCUT2D eigenvalue weighted by molar-refractivity contribution is 7.99. The van der Waals surface area contributed by atoms with Crippen LogP contribution in [0, 0.1) is 0 Å². The Morgan fingerprint density at radius 1 is 1.03 bits per heavy atom. The molecule has 1 aromatic heterocycles. The minimum Gasteiger partial charge on any atom is -0.454 e. The summed E-state index contributed by atoms with van der Waals surface area (Å²) in [7, 11) is 0. The Morgan fingerprint density at radius 2 is 1.79 bits per heavy atom. The molecule has 2 unspecified atom stereocenters. The smallest absolute Gasteiger partial charge is 0.233 e. The van der Waals surface area contributed by atoms with Crippen LogP contribution in [-0.2, 0) is 16.1 Å². The maximum atomic E-state index is 12.9. The van der Waals surface area contributed by atoms with E-state index in [-0.39, 0.29) is 24.9 Å². The summed E-state index contributed by atoms with van der Waals surface area (Å²) in [6.45, 7) is 6.01. The molecule has 1 amide bonds. The molecule has 0 saturated carbocycles. The number of ether oxygens (including phenoxy) is 3. The fraction of sp³-hybridized carbons (Fsp3) is 0.375. The number of thioether (sulfide) groups is 1. The zero-order valence-electron chi connectivity index (χ0n) is 18.6. The van der Waals surface area contributed by atoms with Gasteiger partial charge >= 0.3 is 0 Å². The molecule has 1 fully saturated rings. The van der Waals surface area contributed by atoms with Crippen LogP contribution in [-0.4, -0.2) is 63.4 Å². The van der Waals surface area contributed by atoms with E-state index in [1.807, 2.05) is 67.3 Å². The van der Waals surface area contributed by atoms with Crippen molar-refractivity contribution < 1.29 is 19.0 Å². The quantitative estimate of drug-likeness (QED) is 0.515. The van der Waals surface area contributed by atoms with Crippen molar-refractivity contribution in [2.75, 3.05) is 25.6 Å². The van der Waals surface area contributed by atoms with Gasteiger partial charge in [0.1, 0.15) is 0 Å². The van der Waals surface area contributed by atoms with Crippen molar-refractivity contribution in [3.63, 3.8) is 0 Å². The number of carbonyl (C=O) groups excluding carboxylic acids is 1. The Hall–Kier alpha value is -3.04. The molecule has 8 nitrogen and oxygen atoms in total. The highest BCUT2D eigenvalue weighted by atomic mass is 32.2. The van der Waals surface area contributed by atoms with Gasteiger partial charge < -0.3 is 19.1 Å². The zero-order valence-corrected chi connectivity index (χ0v) is 19.5. The average Bonchev–Trinajstić information content (AvgIpc) is 3.44. The van der Waals surface area contributed by atoms with Crippen LogP contribution in [0.25, 0.3) is 11.4 Å². The highest BCUT2D eigenvalue weighted by Gasteiger charge is 2.26. The van der Waals surface area contributed by atoms with E-state index in [1.54, 1.807) is 0 Å². The first-order chi connectivity index (χ1) is 16.1. The van der Waals surface area contributed by atoms with Gasteiger partial charge in [0.25, 0.3) is 0 Å². The number of rotatable bonds is 6. The van der Waals surface area contributed by atoms with Crippen LogP contribution >= 0.6 is 11.8 Å². The number of amides is 1. The molecule has 0 aliphatic carbocycles. The van der Waals surface area contributed by atoms with Gasteiger partial charge in [-0.15, -0.1) is 10.2 Å². The van der Waals surface area contributed by atoms with E-state index >= 15 is 0 Å². The molecule has 0 spiro atoms. The third kappa shape index (κ3) is 4.84. The monoisotopic (exact) mass is 466 g/mol. The molecule has 0 N–H and O–H groups in total. The van der Waals surface area contributed by atoms with Crippen molar-refractivity contribution in [3.8, 4) is 22.9 Å². The van der Waals surface area contributed by atoms with Gasteiger partial charge in [0.15, 0.2) is 22.5 Å². The van der Waals surface area contributed by atoms with Crippen LogP contribution in [0.15, 0.2) is 53.7 Å². The lowest BCUT2D eigenvalue weighted by Crippen LogP contribution is -2.48. The summed E-state index contributed by atoms with van der Waals surface area (Å²) in [5, 5.41) is 9.60. The Kier molecular flexibility index (Phi) is 6.24. The SMILES string of the molecule is CC1CN(C(=O)CSc2nnc(-c3ccccc3)n2Cc2ccc3c(c2)OCO3)CC(C)O1. The third-order valence-corrected chi connectivity index (χ3v) is 6.58. The van der Waals surface area contributed by atoms with Gasteiger partial charge in [-0.1, -0.05) is 48.2 Å². The van der Waals surface area contributed by atoms with Crippen molar-refractivity contribution in [1.29, 1.82) is 0 Å². The zero-order chi connectivity index (χ0) is 22.8. The summed E-state index contributed by atoms with van der Waals surface area (Å²) in [6, 6.07) is 15.9. The van der Waals surface area contributed by atoms with E-state index in [2.05, 4.69) is 14.8 Å². The Morgan fingerprint density at radius 3 is 2.58 bits per heavy atom. The van der Waals surface area contributed by atoms with E-state index in [0.29, 0.717) is 30.5 Å². The Balaban J connectivity index is 1.38. The summed E-state index contributed by atoms with van der Waals surface area (Å²) < 4.78 is 18.8. The first-order valence-electron chi connectivity index (χ1n) is 11.0. The van der Waals surface area contributed by atoms with E-state index in [0.717, 1.165) is 28.5 Å². The second-order valence-electron chi connectivity index (χ2n) is 8.29. The number of nitrogens with zero attached hydrogens (tertiary/aromatic N) is 4. The van der Waals surface area contributed by atoms with E-state index in [1.165, 1.54) is 11.8 Å². The molecule has 33 heavy (non-hydrogen) atoms. The maximum absolute atomic E-state index is 12.9. The van der Waals surface area contributed by atoms with Crippen LogP contribution in [0.3, 0.4) is 0 Å². The first-order valence-corrected chi connectivity index (χ1v) is 12.0. The van der Waals surface area contributed by atoms with Crippen molar-refractivity contribution in [3.05, 3.63) is 54.1 Å². The van der Waals surface area contributed by atoms with Crippen LogP contribution in [0.2, 0.25) is 0 Å². The fourth-order valence-corrected chi connectivity index (χ4v) is 5.00. The Labute approximate surface area is 196 Å². The van der Waals surface area contributed by atoms with Crippen LogP contribution < -0.4 is 9.47 Å². The lowest BCUT2D eigenvalue weighted by atomic mass is 10.2. The molecule has 172 valence electrons. The summed E-state index contributed by atoms with van der Waals surface area (Å²) in [4.78, 5) is 14.8. The van der Waals surface area contributed by atoms with E-state index in [9.17, 15) is 4.79 Å². The number of hydrogen-bond acceptors (Lipinski definition) is 7. The number of carbonyl (C=O) groups is 1. The van der Waals surface area contributed by atoms with Gasteiger partial charge in [0.05, 0.1) is 24.5 Å². The molecule has 0 bridgehead atoms. The van der Waals surface area contributed by atoms with Crippen molar-refractivity contribution >= 4 is 17.7 Å². The average molecular weight is 467 g/mol. The molecular weight excluding hydrogens is 440 g/mol. The van der Waals surface area contributed by atoms with Crippen molar-refractivity contribution in [1.82, 2.24) is 19.7 Å².